The third-order valence-electron chi connectivity index (χ3n) is 4.74. The molecule has 0 unspecified atom stereocenters. The lowest BCUT2D eigenvalue weighted by atomic mass is 9.99. The fraction of sp³-hybridized carbons (Fsp3) is 0.391. The summed E-state index contributed by atoms with van der Waals surface area (Å²) < 4.78 is 48.9. The highest BCUT2D eigenvalue weighted by Crippen LogP contribution is 2.32. The predicted molar refractivity (Wildman–Crippen MR) is 111 cm³/mol. The molecule has 0 spiro atoms. The molecule has 0 aromatic heterocycles. The van der Waals surface area contributed by atoms with Crippen LogP contribution in [-0.4, -0.2) is 35.6 Å². The second-order valence-corrected chi connectivity index (χ2v) is 8.48. The van der Waals surface area contributed by atoms with E-state index in [4.69, 9.17) is 9.47 Å². The topological polar surface area (TPSA) is 67.9 Å². The van der Waals surface area contributed by atoms with E-state index in [0.29, 0.717) is 25.3 Å². The summed E-state index contributed by atoms with van der Waals surface area (Å²) >= 11 is 0. The Labute approximate surface area is 184 Å². The van der Waals surface area contributed by atoms with Gasteiger partial charge in [0.25, 0.3) is 0 Å². The maximum atomic E-state index is 12.7. The van der Waals surface area contributed by atoms with Gasteiger partial charge in [-0.25, -0.2) is 4.79 Å². The van der Waals surface area contributed by atoms with E-state index in [9.17, 15) is 22.8 Å². The Hall–Kier alpha value is -3.23. The van der Waals surface area contributed by atoms with Crippen molar-refractivity contribution in [2.24, 2.45) is 0 Å². The largest absolute Gasteiger partial charge is 0.457 e. The normalized spacial score (nSPS) is 13.9. The van der Waals surface area contributed by atoms with Crippen LogP contribution in [0, 0.1) is 0 Å². The minimum atomic E-state index is -4.40. The van der Waals surface area contributed by atoms with Crippen molar-refractivity contribution >= 4 is 12.0 Å². The van der Waals surface area contributed by atoms with Crippen LogP contribution < -0.4 is 10.1 Å². The molecule has 0 bridgehead atoms. The molecule has 1 heterocycles. The molecule has 2 aromatic carbocycles. The SMILES string of the molecule is CC(C)(C)OC(=O)NCC(=O)N1CCc2ccc(Oc3ccc(C(F)(F)F)cc3)cc2C1. The number of carbonyl (C=O) groups excluding carboxylic acids is 2. The Morgan fingerprint density at radius 1 is 1.00 bits per heavy atom. The average Bonchev–Trinajstić information content (AvgIpc) is 2.70. The number of fused-ring (bicyclic) bond motifs is 1. The van der Waals surface area contributed by atoms with Crippen LogP contribution in [0.2, 0.25) is 0 Å². The first kappa shape index (κ1) is 23.4. The molecule has 2 aromatic rings. The Bertz CT molecular complexity index is 982. The van der Waals surface area contributed by atoms with Crippen molar-refractivity contribution in [3.05, 3.63) is 59.2 Å². The number of hydrogen-bond acceptors (Lipinski definition) is 4. The minimum Gasteiger partial charge on any atom is -0.457 e. The maximum absolute atomic E-state index is 12.7. The van der Waals surface area contributed by atoms with Gasteiger partial charge in [-0.15, -0.1) is 0 Å². The van der Waals surface area contributed by atoms with Crippen molar-refractivity contribution in [1.82, 2.24) is 10.2 Å². The van der Waals surface area contributed by atoms with Crippen molar-refractivity contribution in [2.45, 2.75) is 45.5 Å². The number of ether oxygens (including phenoxy) is 2. The van der Waals surface area contributed by atoms with E-state index in [1.807, 2.05) is 6.07 Å². The van der Waals surface area contributed by atoms with Crippen LogP contribution >= 0.6 is 0 Å². The first-order chi connectivity index (χ1) is 14.9. The molecular weight excluding hydrogens is 425 g/mol. The molecule has 0 radical (unpaired) electrons. The fourth-order valence-electron chi connectivity index (χ4n) is 3.23. The van der Waals surface area contributed by atoms with Crippen LogP contribution in [0.3, 0.4) is 0 Å². The van der Waals surface area contributed by atoms with Crippen LogP contribution in [0.25, 0.3) is 0 Å². The van der Waals surface area contributed by atoms with Gasteiger partial charge in [-0.1, -0.05) is 6.07 Å². The van der Waals surface area contributed by atoms with Gasteiger partial charge >= 0.3 is 12.3 Å². The minimum absolute atomic E-state index is 0.175. The van der Waals surface area contributed by atoms with Crippen molar-refractivity contribution in [1.29, 1.82) is 0 Å². The quantitative estimate of drug-likeness (QED) is 0.719. The van der Waals surface area contributed by atoms with E-state index >= 15 is 0 Å². The molecule has 0 saturated heterocycles. The number of nitrogens with one attached hydrogen (secondary N) is 1. The number of nitrogens with zero attached hydrogens (tertiary/aromatic N) is 1. The summed E-state index contributed by atoms with van der Waals surface area (Å²) in [5, 5.41) is 2.46. The van der Waals surface area contributed by atoms with Crippen LogP contribution in [-0.2, 0) is 28.7 Å². The maximum Gasteiger partial charge on any atom is 0.416 e. The number of carbonyl (C=O) groups is 2. The predicted octanol–water partition coefficient (Wildman–Crippen LogP) is 4.91. The lowest BCUT2D eigenvalue weighted by Gasteiger charge is -2.29. The van der Waals surface area contributed by atoms with Crippen molar-refractivity contribution in [2.75, 3.05) is 13.1 Å². The fourth-order valence-corrected chi connectivity index (χ4v) is 3.23. The molecule has 32 heavy (non-hydrogen) atoms. The number of benzene rings is 2. The van der Waals surface area contributed by atoms with Gasteiger partial charge in [0, 0.05) is 13.1 Å². The highest BCUT2D eigenvalue weighted by molar-refractivity contribution is 5.82. The van der Waals surface area contributed by atoms with Gasteiger partial charge < -0.3 is 19.7 Å². The number of rotatable bonds is 4. The first-order valence-corrected chi connectivity index (χ1v) is 10.1. The second kappa shape index (κ2) is 9.10. The molecule has 3 rings (SSSR count). The molecule has 0 aliphatic carbocycles. The summed E-state index contributed by atoms with van der Waals surface area (Å²) in [6, 6.07) is 9.86. The number of halogens is 3. The Morgan fingerprint density at radius 3 is 2.28 bits per heavy atom. The highest BCUT2D eigenvalue weighted by atomic mass is 19.4. The molecule has 0 atom stereocenters. The van der Waals surface area contributed by atoms with E-state index in [2.05, 4.69) is 5.32 Å². The van der Waals surface area contributed by atoms with Gasteiger partial charge in [-0.2, -0.15) is 13.2 Å². The average molecular weight is 450 g/mol. The standard InChI is InChI=1S/C23H25F3N2O4/c1-22(2,3)32-21(30)27-13-20(29)28-11-10-15-4-7-19(12-16(15)14-28)31-18-8-5-17(6-9-18)23(24,25)26/h4-9,12H,10-11,13-14H2,1-3H3,(H,27,30). The monoisotopic (exact) mass is 450 g/mol. The summed E-state index contributed by atoms with van der Waals surface area (Å²) in [5.41, 5.74) is 0.547. The summed E-state index contributed by atoms with van der Waals surface area (Å²) in [6.07, 6.45) is -4.41. The van der Waals surface area contributed by atoms with Crippen LogP contribution in [0.5, 0.6) is 11.5 Å². The van der Waals surface area contributed by atoms with Crippen LogP contribution in [0.1, 0.15) is 37.5 Å². The second-order valence-electron chi connectivity index (χ2n) is 8.48. The number of amides is 2. The Morgan fingerprint density at radius 2 is 1.66 bits per heavy atom. The molecule has 1 N–H and O–H groups in total. The van der Waals surface area contributed by atoms with E-state index in [0.717, 1.165) is 23.3 Å². The van der Waals surface area contributed by atoms with Crippen molar-refractivity contribution in [3.8, 4) is 11.5 Å². The van der Waals surface area contributed by atoms with E-state index in [-0.39, 0.29) is 18.2 Å². The van der Waals surface area contributed by atoms with E-state index < -0.39 is 23.4 Å². The number of alkyl halides is 3. The summed E-state index contributed by atoms with van der Waals surface area (Å²) in [5.74, 6) is 0.503. The third kappa shape index (κ3) is 6.38. The lowest BCUT2D eigenvalue weighted by Crippen LogP contribution is -2.43. The van der Waals surface area contributed by atoms with E-state index in [1.54, 1.807) is 37.8 Å². The summed E-state index contributed by atoms with van der Waals surface area (Å²) in [6.45, 7) is 5.89. The lowest BCUT2D eigenvalue weighted by molar-refractivity contribution is -0.137. The van der Waals surface area contributed by atoms with Crippen LogP contribution in [0.15, 0.2) is 42.5 Å². The van der Waals surface area contributed by atoms with Gasteiger partial charge in [-0.05, 0) is 74.7 Å². The van der Waals surface area contributed by atoms with Gasteiger partial charge in [0.2, 0.25) is 5.91 Å². The summed E-state index contributed by atoms with van der Waals surface area (Å²) in [4.78, 5) is 25.9. The molecule has 172 valence electrons. The zero-order chi connectivity index (χ0) is 23.5. The van der Waals surface area contributed by atoms with Gasteiger partial charge in [-0.3, -0.25) is 4.79 Å². The smallest absolute Gasteiger partial charge is 0.416 e. The zero-order valence-electron chi connectivity index (χ0n) is 18.1. The first-order valence-electron chi connectivity index (χ1n) is 10.1. The Kier molecular flexibility index (Phi) is 6.66. The third-order valence-corrected chi connectivity index (χ3v) is 4.74. The molecular formula is C23H25F3N2O4. The van der Waals surface area contributed by atoms with Crippen molar-refractivity contribution < 1.29 is 32.2 Å². The van der Waals surface area contributed by atoms with Gasteiger partial charge in [0.15, 0.2) is 0 Å². The van der Waals surface area contributed by atoms with Gasteiger partial charge in [0.1, 0.15) is 23.6 Å². The van der Waals surface area contributed by atoms with Crippen LogP contribution in [0.4, 0.5) is 18.0 Å². The van der Waals surface area contributed by atoms with Crippen molar-refractivity contribution in [3.63, 3.8) is 0 Å². The molecule has 0 fully saturated rings. The molecule has 1 aliphatic heterocycles. The molecule has 2 amide bonds. The Balaban J connectivity index is 1.61. The highest BCUT2D eigenvalue weighted by Gasteiger charge is 2.30. The molecule has 9 heteroatoms. The zero-order valence-corrected chi connectivity index (χ0v) is 18.1. The van der Waals surface area contributed by atoms with Gasteiger partial charge in [0.05, 0.1) is 5.56 Å². The summed E-state index contributed by atoms with van der Waals surface area (Å²) in [7, 11) is 0. The molecule has 0 saturated carbocycles. The van der Waals surface area contributed by atoms with E-state index in [1.165, 1.54) is 12.1 Å². The molecule has 1 aliphatic rings. The number of alkyl carbamates (subject to hydrolysis) is 1. The molecule has 6 nitrogen and oxygen atoms in total. The number of hydrogen-bond donors (Lipinski definition) is 1.